The number of benzene rings is 2. The quantitative estimate of drug-likeness (QED) is 0.726. The van der Waals surface area contributed by atoms with E-state index in [2.05, 4.69) is 15.6 Å². The maximum Gasteiger partial charge on any atom is 0.248 e. The fourth-order valence-electron chi connectivity index (χ4n) is 2.53. The van der Waals surface area contributed by atoms with Crippen LogP contribution in [0.15, 0.2) is 60.8 Å². The van der Waals surface area contributed by atoms with E-state index in [4.69, 9.17) is 0 Å². The van der Waals surface area contributed by atoms with E-state index < -0.39 is 0 Å². The Labute approximate surface area is 147 Å². The zero-order chi connectivity index (χ0) is 17.6. The van der Waals surface area contributed by atoms with Gasteiger partial charge in [0.05, 0.1) is 12.7 Å². The molecule has 25 heavy (non-hydrogen) atoms. The summed E-state index contributed by atoms with van der Waals surface area (Å²) in [5.41, 5.74) is 4.81. The van der Waals surface area contributed by atoms with Crippen LogP contribution in [0.25, 0.3) is 6.08 Å². The summed E-state index contributed by atoms with van der Waals surface area (Å²) < 4.78 is 1.75. The molecule has 0 saturated heterocycles. The van der Waals surface area contributed by atoms with Gasteiger partial charge in [-0.25, -0.2) is 4.68 Å². The Hall–Kier alpha value is -3.21. The third-order valence-electron chi connectivity index (χ3n) is 3.79. The van der Waals surface area contributed by atoms with Crippen molar-refractivity contribution >= 4 is 17.7 Å². The van der Waals surface area contributed by atoms with E-state index in [1.54, 1.807) is 10.8 Å². The van der Waals surface area contributed by atoms with Gasteiger partial charge >= 0.3 is 0 Å². The molecule has 126 valence electrons. The monoisotopic (exact) mass is 332 g/mol. The van der Waals surface area contributed by atoms with Crippen molar-refractivity contribution in [3.05, 3.63) is 83.2 Å². The van der Waals surface area contributed by atoms with Gasteiger partial charge in [-0.05, 0) is 37.1 Å². The summed E-state index contributed by atoms with van der Waals surface area (Å²) in [6.07, 6.45) is 4.94. The van der Waals surface area contributed by atoms with E-state index in [1.165, 1.54) is 11.6 Å². The smallest absolute Gasteiger partial charge is 0.248 e. The third kappa shape index (κ3) is 4.64. The summed E-state index contributed by atoms with van der Waals surface area (Å²) in [6.45, 7) is 4.65. The van der Waals surface area contributed by atoms with Crippen LogP contribution in [0.3, 0.4) is 0 Å². The largest absolute Gasteiger partial charge is 0.322 e. The Morgan fingerprint density at radius 3 is 2.72 bits per heavy atom. The van der Waals surface area contributed by atoms with Gasteiger partial charge in [-0.3, -0.25) is 4.79 Å². The van der Waals surface area contributed by atoms with Gasteiger partial charge < -0.3 is 5.32 Å². The summed E-state index contributed by atoms with van der Waals surface area (Å²) in [4.78, 5) is 12.1. The number of nitrogens with one attached hydrogen (secondary N) is 1. The predicted octanol–water partition coefficient (Wildman–Crippen LogP) is 3.60. The number of hydrogen-bond donors (Lipinski definition) is 1. The summed E-state index contributed by atoms with van der Waals surface area (Å²) in [7, 11) is 0. The summed E-state index contributed by atoms with van der Waals surface area (Å²) >= 11 is 0. The lowest BCUT2D eigenvalue weighted by Crippen LogP contribution is -2.08. The number of carbonyl (C=O) groups is 1. The number of rotatable bonds is 5. The summed E-state index contributed by atoms with van der Waals surface area (Å²) in [6, 6.07) is 16.0. The molecule has 2 aromatic carbocycles. The molecule has 0 aliphatic heterocycles. The molecule has 3 aromatic rings. The minimum absolute atomic E-state index is 0.190. The summed E-state index contributed by atoms with van der Waals surface area (Å²) in [5, 5.41) is 11.0. The van der Waals surface area contributed by atoms with Gasteiger partial charge in [0, 0.05) is 11.8 Å². The van der Waals surface area contributed by atoms with Crippen LogP contribution in [-0.2, 0) is 11.3 Å². The van der Waals surface area contributed by atoms with Crippen LogP contribution in [0.4, 0.5) is 5.69 Å². The van der Waals surface area contributed by atoms with E-state index >= 15 is 0 Å². The number of aromatic nitrogens is 3. The molecule has 0 bridgehead atoms. The lowest BCUT2D eigenvalue weighted by molar-refractivity contribution is -0.111. The Morgan fingerprint density at radius 2 is 1.96 bits per heavy atom. The standard InChI is InChI=1S/C20H20N4O/c1-15-8-10-19(16(2)12-15)21-20(25)11-9-18-14-24(23-22-18)13-17-6-4-3-5-7-17/h3-12,14H,13H2,1-2H3,(H,21,25)/b11-9+. The fraction of sp³-hybridized carbons (Fsp3) is 0.150. The van der Waals surface area contributed by atoms with Crippen LogP contribution in [0.1, 0.15) is 22.4 Å². The number of carbonyl (C=O) groups excluding carboxylic acids is 1. The average Bonchev–Trinajstić information content (AvgIpc) is 3.04. The number of nitrogens with zero attached hydrogens (tertiary/aromatic N) is 3. The van der Waals surface area contributed by atoms with Crippen molar-refractivity contribution in [1.29, 1.82) is 0 Å². The molecule has 0 atom stereocenters. The highest BCUT2D eigenvalue weighted by Gasteiger charge is 2.03. The highest BCUT2D eigenvalue weighted by atomic mass is 16.1. The Bertz CT molecular complexity index is 897. The molecule has 1 aromatic heterocycles. The molecule has 1 N–H and O–H groups in total. The normalized spacial score (nSPS) is 11.0. The molecule has 0 fully saturated rings. The Balaban J connectivity index is 1.61. The number of anilines is 1. The van der Waals surface area contributed by atoms with Crippen molar-refractivity contribution in [1.82, 2.24) is 15.0 Å². The molecule has 5 nitrogen and oxygen atoms in total. The van der Waals surface area contributed by atoms with Crippen molar-refractivity contribution in [2.45, 2.75) is 20.4 Å². The molecule has 0 unspecified atom stereocenters. The molecule has 0 radical (unpaired) electrons. The fourth-order valence-corrected chi connectivity index (χ4v) is 2.53. The van der Waals surface area contributed by atoms with Crippen molar-refractivity contribution in [2.24, 2.45) is 0 Å². The minimum Gasteiger partial charge on any atom is -0.322 e. The lowest BCUT2D eigenvalue weighted by atomic mass is 10.1. The van der Waals surface area contributed by atoms with Crippen molar-refractivity contribution < 1.29 is 4.79 Å². The Kier molecular flexibility index (Phi) is 5.04. The van der Waals surface area contributed by atoms with E-state index in [9.17, 15) is 4.79 Å². The number of hydrogen-bond acceptors (Lipinski definition) is 3. The second-order valence-electron chi connectivity index (χ2n) is 5.97. The first kappa shape index (κ1) is 16.6. The summed E-state index contributed by atoms with van der Waals surface area (Å²) in [5.74, 6) is -0.190. The van der Waals surface area contributed by atoms with Gasteiger partial charge in [0.2, 0.25) is 5.91 Å². The van der Waals surface area contributed by atoms with Crippen LogP contribution < -0.4 is 5.32 Å². The molecule has 1 amide bonds. The van der Waals surface area contributed by atoms with Crippen LogP contribution in [0.5, 0.6) is 0 Å². The van der Waals surface area contributed by atoms with Gasteiger partial charge in [-0.1, -0.05) is 53.2 Å². The molecule has 1 heterocycles. The molecule has 3 rings (SSSR count). The van der Waals surface area contributed by atoms with Gasteiger partial charge in [0.15, 0.2) is 0 Å². The first-order valence-corrected chi connectivity index (χ1v) is 8.10. The van der Waals surface area contributed by atoms with E-state index in [0.717, 1.165) is 16.8 Å². The van der Waals surface area contributed by atoms with E-state index in [-0.39, 0.29) is 5.91 Å². The van der Waals surface area contributed by atoms with Gasteiger partial charge in [-0.15, -0.1) is 5.10 Å². The predicted molar refractivity (Wildman–Crippen MR) is 99.1 cm³/mol. The molecule has 5 heteroatoms. The number of amides is 1. The van der Waals surface area contributed by atoms with Gasteiger partial charge in [0.1, 0.15) is 5.69 Å². The van der Waals surface area contributed by atoms with Crippen LogP contribution >= 0.6 is 0 Å². The van der Waals surface area contributed by atoms with Gasteiger partial charge in [-0.2, -0.15) is 0 Å². The van der Waals surface area contributed by atoms with Crippen LogP contribution in [0.2, 0.25) is 0 Å². The van der Waals surface area contributed by atoms with Crippen LogP contribution in [-0.4, -0.2) is 20.9 Å². The van der Waals surface area contributed by atoms with E-state index in [0.29, 0.717) is 12.2 Å². The van der Waals surface area contributed by atoms with Crippen molar-refractivity contribution in [2.75, 3.05) is 5.32 Å². The highest BCUT2D eigenvalue weighted by Crippen LogP contribution is 2.16. The molecular formula is C20H20N4O. The second kappa shape index (κ2) is 7.57. The Morgan fingerprint density at radius 1 is 1.16 bits per heavy atom. The highest BCUT2D eigenvalue weighted by molar-refractivity contribution is 6.02. The molecular weight excluding hydrogens is 312 g/mol. The lowest BCUT2D eigenvalue weighted by Gasteiger charge is -2.06. The zero-order valence-electron chi connectivity index (χ0n) is 14.3. The maximum atomic E-state index is 12.1. The van der Waals surface area contributed by atoms with Crippen LogP contribution in [0, 0.1) is 13.8 Å². The first-order chi connectivity index (χ1) is 12.1. The SMILES string of the molecule is Cc1ccc(NC(=O)/C=C/c2cn(Cc3ccccc3)nn2)c(C)c1. The topological polar surface area (TPSA) is 59.8 Å². The number of aryl methyl sites for hydroxylation is 2. The van der Waals surface area contributed by atoms with E-state index in [1.807, 2.05) is 68.6 Å². The third-order valence-corrected chi connectivity index (χ3v) is 3.79. The zero-order valence-corrected chi connectivity index (χ0v) is 14.3. The average molecular weight is 332 g/mol. The molecule has 0 aliphatic rings. The maximum absolute atomic E-state index is 12.1. The molecule has 0 saturated carbocycles. The minimum atomic E-state index is -0.190. The van der Waals surface area contributed by atoms with Crippen molar-refractivity contribution in [3.63, 3.8) is 0 Å². The van der Waals surface area contributed by atoms with Crippen molar-refractivity contribution in [3.8, 4) is 0 Å². The molecule has 0 aliphatic carbocycles. The molecule has 0 spiro atoms. The second-order valence-corrected chi connectivity index (χ2v) is 5.97. The first-order valence-electron chi connectivity index (χ1n) is 8.10. The van der Waals surface area contributed by atoms with Gasteiger partial charge in [0.25, 0.3) is 0 Å².